The van der Waals surface area contributed by atoms with Crippen molar-refractivity contribution in [2.75, 3.05) is 28.6 Å². The van der Waals surface area contributed by atoms with Gasteiger partial charge in [0.05, 0.1) is 23.6 Å². The maximum Gasteiger partial charge on any atom is 0.261 e. The summed E-state index contributed by atoms with van der Waals surface area (Å²) in [5.41, 5.74) is 2.22. The highest BCUT2D eigenvalue weighted by Gasteiger charge is 2.35. The van der Waals surface area contributed by atoms with Crippen molar-refractivity contribution >= 4 is 38.9 Å². The second-order valence-corrected chi connectivity index (χ2v) is 9.72. The third-order valence-corrected chi connectivity index (χ3v) is 7.06. The minimum atomic E-state index is -3.77. The number of aryl methyl sites for hydroxylation is 1. The average molecular weight is 480 g/mol. The number of amides is 2. The Bertz CT molecular complexity index is 1310. The predicted molar refractivity (Wildman–Crippen MR) is 131 cm³/mol. The summed E-state index contributed by atoms with van der Waals surface area (Å²) in [7, 11) is -2.20. The number of nitrogens with one attached hydrogen (secondary N) is 2. The van der Waals surface area contributed by atoms with Crippen LogP contribution in [0.4, 0.5) is 17.1 Å². The van der Waals surface area contributed by atoms with Gasteiger partial charge in [0.25, 0.3) is 10.0 Å². The number of nitrogens with zero attached hydrogens (tertiary/aromatic N) is 1. The zero-order valence-corrected chi connectivity index (χ0v) is 19.6. The van der Waals surface area contributed by atoms with Gasteiger partial charge in [0.1, 0.15) is 5.75 Å². The van der Waals surface area contributed by atoms with Crippen molar-refractivity contribution in [2.45, 2.75) is 18.2 Å². The van der Waals surface area contributed by atoms with E-state index in [0.717, 1.165) is 0 Å². The van der Waals surface area contributed by atoms with E-state index < -0.39 is 15.9 Å². The third kappa shape index (κ3) is 5.04. The molecule has 8 nitrogen and oxygen atoms in total. The molecule has 1 fully saturated rings. The van der Waals surface area contributed by atoms with Gasteiger partial charge < -0.3 is 15.0 Å². The van der Waals surface area contributed by atoms with Crippen LogP contribution in [0.1, 0.15) is 12.0 Å². The number of hydrogen-bond donors (Lipinski definition) is 2. The molecule has 2 N–H and O–H groups in total. The van der Waals surface area contributed by atoms with E-state index in [1.807, 2.05) is 0 Å². The lowest BCUT2D eigenvalue weighted by molar-refractivity contribution is -0.122. The monoisotopic (exact) mass is 479 g/mol. The van der Waals surface area contributed by atoms with Gasteiger partial charge in [0.2, 0.25) is 11.8 Å². The van der Waals surface area contributed by atoms with Gasteiger partial charge in [0.15, 0.2) is 0 Å². The average Bonchev–Trinajstić information content (AvgIpc) is 3.23. The lowest BCUT2D eigenvalue weighted by atomic mass is 10.1. The largest absolute Gasteiger partial charge is 0.497 e. The van der Waals surface area contributed by atoms with Crippen LogP contribution < -0.4 is 19.7 Å². The molecule has 3 aromatic rings. The number of anilines is 3. The first kappa shape index (κ1) is 23.3. The molecule has 9 heteroatoms. The summed E-state index contributed by atoms with van der Waals surface area (Å²) in [6.07, 6.45) is 0.0945. The Morgan fingerprint density at radius 2 is 1.74 bits per heavy atom. The molecule has 34 heavy (non-hydrogen) atoms. The van der Waals surface area contributed by atoms with E-state index in [2.05, 4.69) is 10.0 Å². The van der Waals surface area contributed by atoms with Crippen LogP contribution in [0.2, 0.25) is 0 Å². The van der Waals surface area contributed by atoms with Crippen molar-refractivity contribution in [3.63, 3.8) is 0 Å². The van der Waals surface area contributed by atoms with Gasteiger partial charge >= 0.3 is 0 Å². The first-order chi connectivity index (χ1) is 16.3. The molecular weight excluding hydrogens is 454 g/mol. The molecule has 0 saturated carbocycles. The molecule has 0 spiro atoms. The number of sulfonamides is 1. The van der Waals surface area contributed by atoms with E-state index >= 15 is 0 Å². The van der Waals surface area contributed by atoms with Gasteiger partial charge in [0, 0.05) is 24.3 Å². The third-order valence-electron chi connectivity index (χ3n) is 5.68. The molecule has 0 aliphatic carbocycles. The van der Waals surface area contributed by atoms with Crippen molar-refractivity contribution in [3.8, 4) is 5.75 Å². The molecule has 4 rings (SSSR count). The van der Waals surface area contributed by atoms with E-state index in [9.17, 15) is 18.0 Å². The molecule has 1 aliphatic rings. The minimum absolute atomic E-state index is 0.0945. The lowest BCUT2D eigenvalue weighted by Gasteiger charge is -2.17. The van der Waals surface area contributed by atoms with Crippen molar-refractivity contribution < 1.29 is 22.7 Å². The van der Waals surface area contributed by atoms with Crippen molar-refractivity contribution in [1.82, 2.24) is 0 Å². The second-order valence-electron chi connectivity index (χ2n) is 8.04. The first-order valence-electron chi connectivity index (χ1n) is 10.7. The van der Waals surface area contributed by atoms with E-state index in [0.29, 0.717) is 28.4 Å². The van der Waals surface area contributed by atoms with Crippen LogP contribution in [-0.4, -0.2) is 33.9 Å². The van der Waals surface area contributed by atoms with Gasteiger partial charge in [-0.2, -0.15) is 0 Å². The molecular formula is C25H25N3O5S. The second kappa shape index (κ2) is 9.56. The molecule has 1 unspecified atom stereocenters. The Morgan fingerprint density at radius 3 is 2.41 bits per heavy atom. The highest BCUT2D eigenvalue weighted by Crippen LogP contribution is 2.29. The van der Waals surface area contributed by atoms with Gasteiger partial charge in [-0.15, -0.1) is 0 Å². The van der Waals surface area contributed by atoms with Crippen molar-refractivity contribution in [1.29, 1.82) is 0 Å². The summed E-state index contributed by atoms with van der Waals surface area (Å²) in [6, 6.07) is 20.1. The molecule has 3 aromatic carbocycles. The highest BCUT2D eigenvalue weighted by atomic mass is 32.2. The summed E-state index contributed by atoms with van der Waals surface area (Å²) in [5.74, 6) is -0.279. The summed E-state index contributed by atoms with van der Waals surface area (Å²) >= 11 is 0. The highest BCUT2D eigenvalue weighted by molar-refractivity contribution is 7.92. The number of carbonyl (C=O) groups excluding carboxylic acids is 2. The maximum atomic E-state index is 12.9. The Hall–Kier alpha value is -3.85. The molecule has 1 saturated heterocycles. The molecule has 0 bridgehead atoms. The van der Waals surface area contributed by atoms with E-state index in [1.54, 1.807) is 79.6 Å². The zero-order valence-electron chi connectivity index (χ0n) is 18.8. The molecule has 0 radical (unpaired) electrons. The van der Waals surface area contributed by atoms with Crippen LogP contribution in [0.3, 0.4) is 0 Å². The summed E-state index contributed by atoms with van der Waals surface area (Å²) in [4.78, 5) is 27.1. The summed E-state index contributed by atoms with van der Waals surface area (Å²) < 4.78 is 33.1. The Morgan fingerprint density at radius 1 is 1.03 bits per heavy atom. The molecule has 2 amide bonds. The summed E-state index contributed by atoms with van der Waals surface area (Å²) in [6.45, 7) is 2.03. The first-order valence-corrected chi connectivity index (χ1v) is 12.2. The number of carbonyl (C=O) groups is 2. The van der Waals surface area contributed by atoms with Crippen LogP contribution in [0.25, 0.3) is 0 Å². The fraction of sp³-hybridized carbons (Fsp3) is 0.200. The zero-order chi connectivity index (χ0) is 24.3. The summed E-state index contributed by atoms with van der Waals surface area (Å²) in [5, 5.41) is 2.82. The molecule has 0 aromatic heterocycles. The maximum absolute atomic E-state index is 12.9. The smallest absolute Gasteiger partial charge is 0.261 e. The fourth-order valence-corrected chi connectivity index (χ4v) is 4.89. The molecule has 176 valence electrons. The van der Waals surface area contributed by atoms with Crippen molar-refractivity contribution in [2.24, 2.45) is 5.92 Å². The fourth-order valence-electron chi connectivity index (χ4n) is 3.75. The Balaban J connectivity index is 1.45. The van der Waals surface area contributed by atoms with E-state index in [1.165, 1.54) is 12.1 Å². The molecule has 1 heterocycles. The van der Waals surface area contributed by atoms with E-state index in [4.69, 9.17) is 4.74 Å². The van der Waals surface area contributed by atoms with Crippen LogP contribution >= 0.6 is 0 Å². The van der Waals surface area contributed by atoms with E-state index in [-0.39, 0.29) is 29.7 Å². The van der Waals surface area contributed by atoms with Crippen LogP contribution in [0, 0.1) is 12.8 Å². The van der Waals surface area contributed by atoms with Crippen LogP contribution in [0.15, 0.2) is 77.7 Å². The van der Waals surface area contributed by atoms with Crippen LogP contribution in [0.5, 0.6) is 5.75 Å². The molecule has 1 atom stereocenters. The van der Waals surface area contributed by atoms with Crippen molar-refractivity contribution in [3.05, 3.63) is 78.4 Å². The van der Waals surface area contributed by atoms with Crippen LogP contribution in [-0.2, 0) is 19.6 Å². The topological polar surface area (TPSA) is 105 Å². The van der Waals surface area contributed by atoms with Gasteiger partial charge in [-0.25, -0.2) is 8.42 Å². The number of ether oxygens (including phenoxy) is 1. The number of hydrogen-bond acceptors (Lipinski definition) is 5. The Labute approximate surface area is 198 Å². The van der Waals surface area contributed by atoms with Gasteiger partial charge in [-0.1, -0.05) is 24.3 Å². The van der Waals surface area contributed by atoms with Gasteiger partial charge in [-0.05, 0) is 61.0 Å². The number of benzene rings is 3. The quantitative estimate of drug-likeness (QED) is 0.536. The minimum Gasteiger partial charge on any atom is -0.497 e. The SMILES string of the molecule is COc1ccc(N2CC(C(=O)Nc3ccc(C)c(NS(=O)(=O)c4ccccc4)c3)CC2=O)cc1. The lowest BCUT2D eigenvalue weighted by Crippen LogP contribution is -2.28. The normalized spacial score (nSPS) is 15.8. The standard InChI is InChI=1S/C25H25N3O5S/c1-17-8-9-19(15-23(17)27-34(31,32)22-6-4-3-5-7-22)26-25(30)18-14-24(29)28(16-18)20-10-12-21(33-2)13-11-20/h3-13,15,18,27H,14,16H2,1-2H3,(H,26,30). The molecule has 1 aliphatic heterocycles. The predicted octanol–water partition coefficient (Wildman–Crippen LogP) is 3.80. The number of rotatable bonds is 7. The van der Waals surface area contributed by atoms with Gasteiger partial charge in [-0.3, -0.25) is 14.3 Å². The Kier molecular flexibility index (Phi) is 6.56. The number of methoxy groups -OCH3 is 1.